The molecule has 1 fully saturated rings. The van der Waals surface area contributed by atoms with Crippen molar-refractivity contribution in [2.75, 3.05) is 0 Å². The Balaban J connectivity index is 1.48. The van der Waals surface area contributed by atoms with Gasteiger partial charge in [0.2, 0.25) is 0 Å². The smallest absolute Gasteiger partial charge is 0.322 e. The number of aromatic amines is 1. The lowest BCUT2D eigenvalue weighted by molar-refractivity contribution is -0.208. The molecule has 152 valence electrons. The Bertz CT molecular complexity index is 977. The first kappa shape index (κ1) is 19.7. The van der Waals surface area contributed by atoms with Crippen LogP contribution in [0.4, 0.5) is 0 Å². The van der Waals surface area contributed by atoms with Crippen LogP contribution >= 0.6 is 0 Å². The molecule has 4 nitrogen and oxygen atoms in total. The number of hydroxylamine groups is 2. The minimum absolute atomic E-state index is 0.245. The molecule has 0 atom stereocenters. The van der Waals surface area contributed by atoms with Crippen molar-refractivity contribution in [3.63, 3.8) is 0 Å². The van der Waals surface area contributed by atoms with E-state index < -0.39 is 0 Å². The van der Waals surface area contributed by atoms with E-state index in [0.717, 1.165) is 36.8 Å². The molecule has 2 aromatic carbocycles. The summed E-state index contributed by atoms with van der Waals surface area (Å²) < 4.78 is 0. The highest BCUT2D eigenvalue weighted by atomic mass is 16.7. The van der Waals surface area contributed by atoms with E-state index in [4.69, 9.17) is 4.84 Å². The summed E-state index contributed by atoms with van der Waals surface area (Å²) in [5, 5.41) is 3.12. The maximum atomic E-state index is 11.7. The molecule has 1 aliphatic rings. The molecule has 4 heteroatoms. The summed E-state index contributed by atoms with van der Waals surface area (Å²) in [7, 11) is 0. The Kier molecular flexibility index (Phi) is 5.46. The zero-order chi connectivity index (χ0) is 20.4. The highest BCUT2D eigenvalue weighted by Crippen LogP contribution is 2.37. The van der Waals surface area contributed by atoms with Gasteiger partial charge >= 0.3 is 5.97 Å². The summed E-state index contributed by atoms with van der Waals surface area (Å²) >= 11 is 0. The second-order valence-corrected chi connectivity index (χ2v) is 9.03. The Labute approximate surface area is 172 Å². The van der Waals surface area contributed by atoms with E-state index in [9.17, 15) is 4.79 Å². The summed E-state index contributed by atoms with van der Waals surface area (Å²) in [4.78, 5) is 20.6. The summed E-state index contributed by atoms with van der Waals surface area (Å²) in [6, 6.07) is 17.4. The van der Waals surface area contributed by atoms with E-state index >= 15 is 0 Å². The lowest BCUT2D eigenvalue weighted by Gasteiger charge is -2.38. The molecule has 0 unspecified atom stereocenters. The Morgan fingerprint density at radius 3 is 2.45 bits per heavy atom. The van der Waals surface area contributed by atoms with Crippen molar-refractivity contribution >= 4 is 16.9 Å². The predicted octanol–water partition coefficient (Wildman–Crippen LogP) is 6.08. The summed E-state index contributed by atoms with van der Waals surface area (Å²) in [6.45, 7) is 6.76. The number of fused-ring (bicyclic) bond motifs is 1. The van der Waals surface area contributed by atoms with Crippen LogP contribution < -0.4 is 0 Å². The van der Waals surface area contributed by atoms with Crippen LogP contribution in [0.2, 0.25) is 0 Å². The van der Waals surface area contributed by atoms with Gasteiger partial charge in [0.15, 0.2) is 0 Å². The molecule has 0 radical (unpaired) electrons. The second kappa shape index (κ2) is 8.03. The number of carbonyl (C=O) groups is 1. The quantitative estimate of drug-likeness (QED) is 0.537. The largest absolute Gasteiger partial charge is 0.368 e. The monoisotopic (exact) mass is 390 g/mol. The molecule has 0 spiro atoms. The molecule has 1 saturated carbocycles. The highest BCUT2D eigenvalue weighted by molar-refractivity contribution is 5.84. The van der Waals surface area contributed by atoms with E-state index in [1.165, 1.54) is 23.4 Å². The third-order valence-electron chi connectivity index (χ3n) is 6.14. The third kappa shape index (κ3) is 4.70. The minimum atomic E-state index is -0.245. The molecule has 0 saturated heterocycles. The molecule has 0 bridgehead atoms. The normalized spacial score (nSPS) is 17.0. The van der Waals surface area contributed by atoms with Crippen LogP contribution in [0.1, 0.15) is 52.0 Å². The number of aromatic nitrogens is 1. The van der Waals surface area contributed by atoms with Crippen molar-refractivity contribution in [1.29, 1.82) is 0 Å². The number of H-pyrrole nitrogens is 1. The van der Waals surface area contributed by atoms with Crippen LogP contribution in [0.3, 0.4) is 0 Å². The first-order valence-corrected chi connectivity index (χ1v) is 10.5. The van der Waals surface area contributed by atoms with Crippen molar-refractivity contribution in [1.82, 2.24) is 10.0 Å². The zero-order valence-corrected chi connectivity index (χ0v) is 17.6. The van der Waals surface area contributed by atoms with Crippen LogP contribution in [0.15, 0.2) is 54.7 Å². The van der Waals surface area contributed by atoms with Gasteiger partial charge in [0.25, 0.3) is 0 Å². The van der Waals surface area contributed by atoms with Crippen LogP contribution in [-0.4, -0.2) is 22.1 Å². The van der Waals surface area contributed by atoms with E-state index in [2.05, 4.69) is 67.4 Å². The molecular formula is C25H30N2O2. The molecular weight excluding hydrogens is 360 g/mol. The average molecular weight is 391 g/mol. The number of benzene rings is 2. The summed E-state index contributed by atoms with van der Waals surface area (Å²) in [5.74, 6) is -0.245. The number of carbonyl (C=O) groups excluding carboxylic acids is 1. The fourth-order valence-electron chi connectivity index (χ4n) is 4.28. The predicted molar refractivity (Wildman–Crippen MR) is 117 cm³/mol. The van der Waals surface area contributed by atoms with Gasteiger partial charge < -0.3 is 9.82 Å². The van der Waals surface area contributed by atoms with Crippen molar-refractivity contribution < 1.29 is 9.63 Å². The first-order chi connectivity index (χ1) is 13.9. The third-order valence-corrected chi connectivity index (χ3v) is 6.14. The van der Waals surface area contributed by atoms with Crippen molar-refractivity contribution in [2.24, 2.45) is 5.41 Å². The zero-order valence-electron chi connectivity index (χ0n) is 17.6. The fourth-order valence-corrected chi connectivity index (χ4v) is 4.28. The first-order valence-electron chi connectivity index (χ1n) is 10.5. The molecule has 0 amide bonds. The van der Waals surface area contributed by atoms with Gasteiger partial charge in [0, 0.05) is 24.7 Å². The van der Waals surface area contributed by atoms with Gasteiger partial charge in [-0.25, -0.2) is 0 Å². The number of hydrogen-bond donors (Lipinski definition) is 1. The van der Waals surface area contributed by atoms with Gasteiger partial charge in [0.1, 0.15) is 0 Å². The van der Waals surface area contributed by atoms with Gasteiger partial charge in [-0.1, -0.05) is 50.2 Å². The van der Waals surface area contributed by atoms with Crippen LogP contribution in [0.25, 0.3) is 22.0 Å². The maximum absolute atomic E-state index is 11.7. The number of rotatable bonds is 5. The van der Waals surface area contributed by atoms with Crippen LogP contribution in [0.5, 0.6) is 0 Å². The van der Waals surface area contributed by atoms with Gasteiger partial charge in [0.05, 0.1) is 6.54 Å². The van der Waals surface area contributed by atoms with E-state index in [1.807, 2.05) is 11.3 Å². The minimum Gasteiger partial charge on any atom is -0.368 e. The van der Waals surface area contributed by atoms with Crippen molar-refractivity contribution in [2.45, 2.75) is 59.0 Å². The number of nitrogens with one attached hydrogen (secondary N) is 1. The molecule has 0 aliphatic heterocycles. The van der Waals surface area contributed by atoms with Gasteiger partial charge in [-0.15, -0.1) is 5.06 Å². The molecule has 1 aliphatic carbocycles. The van der Waals surface area contributed by atoms with E-state index in [0.29, 0.717) is 18.0 Å². The van der Waals surface area contributed by atoms with Crippen LogP contribution in [-0.2, 0) is 16.2 Å². The highest BCUT2D eigenvalue weighted by Gasteiger charge is 2.31. The van der Waals surface area contributed by atoms with Crippen molar-refractivity contribution in [3.8, 4) is 11.1 Å². The molecule has 1 aromatic heterocycles. The number of nitrogens with zero attached hydrogens (tertiary/aromatic N) is 1. The molecule has 29 heavy (non-hydrogen) atoms. The standard InChI is InChI=1S/C25H30N2O2/c1-18(28)29-27(23-10-13-25(2,3)14-11-23)17-19-4-6-20(7-5-19)22-9-8-21-12-15-26-24(21)16-22/h4-9,12,15-16,23,26H,10-11,13-14,17H2,1-3H3. The van der Waals surface area contributed by atoms with Crippen LogP contribution in [0, 0.1) is 5.41 Å². The van der Waals surface area contributed by atoms with Gasteiger partial charge in [-0.3, -0.25) is 4.79 Å². The topological polar surface area (TPSA) is 45.3 Å². The van der Waals surface area contributed by atoms with E-state index in [-0.39, 0.29) is 5.97 Å². The second-order valence-electron chi connectivity index (χ2n) is 9.03. The summed E-state index contributed by atoms with van der Waals surface area (Å²) in [5.41, 5.74) is 5.07. The Morgan fingerprint density at radius 1 is 1.07 bits per heavy atom. The SMILES string of the molecule is CC(=O)ON(Cc1ccc(-c2ccc3cc[nH]c3c2)cc1)C1CCC(C)(C)CC1. The van der Waals surface area contributed by atoms with Gasteiger partial charge in [-0.2, -0.15) is 0 Å². The maximum Gasteiger partial charge on any atom is 0.322 e. The lowest BCUT2D eigenvalue weighted by Crippen LogP contribution is -2.40. The molecule has 3 aromatic rings. The van der Waals surface area contributed by atoms with Gasteiger partial charge in [-0.05, 0) is 65.3 Å². The molecule has 4 rings (SSSR count). The van der Waals surface area contributed by atoms with E-state index in [1.54, 1.807) is 0 Å². The number of hydrogen-bond acceptors (Lipinski definition) is 3. The fraction of sp³-hybridized carbons (Fsp3) is 0.400. The molecule has 1 heterocycles. The Hall–Kier alpha value is -2.59. The average Bonchev–Trinajstić information content (AvgIpc) is 3.15. The Morgan fingerprint density at radius 2 is 1.76 bits per heavy atom. The van der Waals surface area contributed by atoms with Crippen molar-refractivity contribution in [3.05, 3.63) is 60.3 Å². The summed E-state index contributed by atoms with van der Waals surface area (Å²) in [6.07, 6.45) is 6.42. The lowest BCUT2D eigenvalue weighted by atomic mass is 9.75. The molecule has 1 N–H and O–H groups in total.